The van der Waals surface area contributed by atoms with E-state index >= 15 is 0 Å². The minimum atomic E-state index is -0.0903. The maximum Gasteiger partial charge on any atom is 0.233 e. The summed E-state index contributed by atoms with van der Waals surface area (Å²) < 4.78 is 0. The maximum atomic E-state index is 11.0. The Morgan fingerprint density at radius 2 is 2.25 bits per heavy atom. The summed E-state index contributed by atoms with van der Waals surface area (Å²) in [5.74, 6) is 4.94. The number of hydrazine groups is 1. The Kier molecular flexibility index (Phi) is 3.41. The van der Waals surface area contributed by atoms with Crippen molar-refractivity contribution >= 4 is 11.6 Å². The number of hydrogen-bond donors (Lipinski definition) is 2. The number of hydrogen-bond acceptors (Lipinski definition) is 3. The molecule has 0 radical (unpaired) electrons. The molecule has 3 N–H and O–H groups in total. The van der Waals surface area contributed by atoms with Crippen LogP contribution in [0.2, 0.25) is 0 Å². The van der Waals surface area contributed by atoms with Crippen LogP contribution in [0.3, 0.4) is 0 Å². The van der Waals surface area contributed by atoms with Gasteiger partial charge < -0.3 is 4.90 Å². The Morgan fingerprint density at radius 1 is 1.44 bits per heavy atom. The molecule has 16 heavy (non-hydrogen) atoms. The van der Waals surface area contributed by atoms with Gasteiger partial charge in [0.2, 0.25) is 5.91 Å². The molecule has 1 aliphatic rings. The summed E-state index contributed by atoms with van der Waals surface area (Å²) in [6.45, 7) is 1.98. The summed E-state index contributed by atoms with van der Waals surface area (Å²) in [4.78, 5) is 13.3. The second-order valence-corrected chi connectivity index (χ2v) is 4.04. The molecule has 1 aliphatic heterocycles. The van der Waals surface area contributed by atoms with Gasteiger partial charge in [-0.25, -0.2) is 5.84 Å². The maximum absolute atomic E-state index is 11.0. The lowest BCUT2D eigenvalue weighted by atomic mass is 10.2. The third kappa shape index (κ3) is 2.33. The zero-order valence-electron chi connectivity index (χ0n) is 9.28. The van der Waals surface area contributed by atoms with E-state index < -0.39 is 0 Å². The van der Waals surface area contributed by atoms with Gasteiger partial charge in [-0.2, -0.15) is 0 Å². The highest BCUT2D eigenvalue weighted by molar-refractivity contribution is 5.75. The van der Waals surface area contributed by atoms with Crippen LogP contribution >= 0.6 is 0 Å². The number of benzene rings is 1. The van der Waals surface area contributed by atoms with Gasteiger partial charge in [0, 0.05) is 25.2 Å². The van der Waals surface area contributed by atoms with Crippen LogP contribution in [0.5, 0.6) is 0 Å². The van der Waals surface area contributed by atoms with Gasteiger partial charge in [0.15, 0.2) is 0 Å². The third-order valence-corrected chi connectivity index (χ3v) is 2.98. The molecule has 4 heteroatoms. The molecule has 86 valence electrons. The molecule has 0 aliphatic carbocycles. The molecule has 0 unspecified atom stereocenters. The lowest BCUT2D eigenvalue weighted by Crippen LogP contribution is -2.31. The summed E-state index contributed by atoms with van der Waals surface area (Å²) in [6.07, 6.45) is 2.45. The molecule has 2 rings (SSSR count). The summed E-state index contributed by atoms with van der Waals surface area (Å²) in [5.41, 5.74) is 4.88. The number of carbonyl (C=O) groups is 1. The van der Waals surface area contributed by atoms with Gasteiger partial charge in [-0.15, -0.1) is 0 Å². The van der Waals surface area contributed by atoms with Crippen molar-refractivity contribution < 1.29 is 4.79 Å². The highest BCUT2D eigenvalue weighted by atomic mass is 16.2. The molecule has 0 fully saturated rings. The van der Waals surface area contributed by atoms with E-state index in [0.717, 1.165) is 25.9 Å². The van der Waals surface area contributed by atoms with Gasteiger partial charge in [-0.05, 0) is 24.5 Å². The largest absolute Gasteiger partial charge is 0.371 e. The van der Waals surface area contributed by atoms with Gasteiger partial charge in [-0.3, -0.25) is 10.2 Å². The molecule has 0 saturated carbocycles. The van der Waals surface area contributed by atoms with Crippen LogP contribution in [0.25, 0.3) is 0 Å². The molecule has 1 aromatic carbocycles. The second-order valence-electron chi connectivity index (χ2n) is 4.04. The van der Waals surface area contributed by atoms with E-state index in [1.54, 1.807) is 0 Å². The Morgan fingerprint density at radius 3 is 3.06 bits per heavy atom. The van der Waals surface area contributed by atoms with Crippen LogP contribution in [0.4, 0.5) is 5.69 Å². The first-order valence-electron chi connectivity index (χ1n) is 5.63. The number of nitrogens with one attached hydrogen (secondary N) is 1. The van der Waals surface area contributed by atoms with Gasteiger partial charge in [0.05, 0.1) is 0 Å². The van der Waals surface area contributed by atoms with E-state index in [4.69, 9.17) is 5.84 Å². The van der Waals surface area contributed by atoms with E-state index in [1.165, 1.54) is 11.3 Å². The van der Waals surface area contributed by atoms with Crippen molar-refractivity contribution in [3.8, 4) is 0 Å². The van der Waals surface area contributed by atoms with Crippen molar-refractivity contribution in [1.29, 1.82) is 0 Å². The lowest BCUT2D eigenvalue weighted by Gasteiger charge is -2.18. The quantitative estimate of drug-likeness (QED) is 0.448. The summed E-state index contributed by atoms with van der Waals surface area (Å²) >= 11 is 0. The number of anilines is 1. The number of rotatable bonds is 4. The van der Waals surface area contributed by atoms with Crippen molar-refractivity contribution in [2.45, 2.75) is 19.3 Å². The van der Waals surface area contributed by atoms with Gasteiger partial charge in [-0.1, -0.05) is 18.2 Å². The van der Waals surface area contributed by atoms with Crippen LogP contribution in [-0.2, 0) is 11.2 Å². The first kappa shape index (κ1) is 11.0. The normalized spacial score (nSPS) is 13.7. The minimum absolute atomic E-state index is 0.0903. The zero-order chi connectivity index (χ0) is 11.4. The molecule has 4 nitrogen and oxygen atoms in total. The Hall–Kier alpha value is -1.55. The smallest absolute Gasteiger partial charge is 0.233 e. The number of nitrogens with zero attached hydrogens (tertiary/aromatic N) is 1. The standard InChI is InChI=1S/C12H17N3O/c13-14-12(16)6-3-8-15-9-7-10-4-1-2-5-11(10)15/h1-2,4-5H,3,6-9,13H2,(H,14,16). The van der Waals surface area contributed by atoms with E-state index in [-0.39, 0.29) is 5.91 Å². The Balaban J connectivity index is 1.86. The molecule has 0 bridgehead atoms. The summed E-state index contributed by atoms with van der Waals surface area (Å²) in [5, 5.41) is 0. The van der Waals surface area contributed by atoms with Crippen molar-refractivity contribution in [3.63, 3.8) is 0 Å². The molecule has 1 amide bonds. The predicted octanol–water partition coefficient (Wildman–Crippen LogP) is 0.819. The average Bonchev–Trinajstić information content (AvgIpc) is 2.73. The van der Waals surface area contributed by atoms with Crippen LogP contribution in [0, 0.1) is 0 Å². The topological polar surface area (TPSA) is 58.4 Å². The summed E-state index contributed by atoms with van der Waals surface area (Å²) in [7, 11) is 0. The minimum Gasteiger partial charge on any atom is -0.371 e. The van der Waals surface area contributed by atoms with Crippen molar-refractivity contribution in [1.82, 2.24) is 5.43 Å². The van der Waals surface area contributed by atoms with Crippen LogP contribution < -0.4 is 16.2 Å². The Bertz CT molecular complexity index is 378. The molecule has 1 heterocycles. The zero-order valence-corrected chi connectivity index (χ0v) is 9.28. The number of fused-ring (bicyclic) bond motifs is 1. The molecule has 0 spiro atoms. The van der Waals surface area contributed by atoms with E-state index in [2.05, 4.69) is 34.6 Å². The second kappa shape index (κ2) is 4.99. The SMILES string of the molecule is NNC(=O)CCCN1CCc2ccccc21. The number of carbonyl (C=O) groups excluding carboxylic acids is 1. The number of para-hydroxylation sites is 1. The molecule has 0 aromatic heterocycles. The van der Waals surface area contributed by atoms with E-state index in [1.807, 2.05) is 0 Å². The average molecular weight is 219 g/mol. The van der Waals surface area contributed by atoms with Crippen molar-refractivity contribution in [2.24, 2.45) is 5.84 Å². The lowest BCUT2D eigenvalue weighted by molar-refractivity contribution is -0.121. The summed E-state index contributed by atoms with van der Waals surface area (Å²) in [6, 6.07) is 8.45. The third-order valence-electron chi connectivity index (χ3n) is 2.98. The van der Waals surface area contributed by atoms with Crippen LogP contribution in [0.1, 0.15) is 18.4 Å². The molecule has 0 atom stereocenters. The fraction of sp³-hybridized carbons (Fsp3) is 0.417. The predicted molar refractivity (Wildman–Crippen MR) is 63.9 cm³/mol. The Labute approximate surface area is 95.4 Å². The van der Waals surface area contributed by atoms with Crippen molar-refractivity contribution in [2.75, 3.05) is 18.0 Å². The first-order valence-corrected chi connectivity index (χ1v) is 5.63. The van der Waals surface area contributed by atoms with E-state index in [9.17, 15) is 4.79 Å². The van der Waals surface area contributed by atoms with Gasteiger partial charge in [0.1, 0.15) is 0 Å². The highest BCUT2D eigenvalue weighted by Gasteiger charge is 2.17. The number of nitrogens with two attached hydrogens (primary N) is 1. The fourth-order valence-corrected chi connectivity index (χ4v) is 2.14. The molecule has 0 saturated heterocycles. The van der Waals surface area contributed by atoms with Crippen LogP contribution in [0.15, 0.2) is 24.3 Å². The number of amides is 1. The molecular formula is C12H17N3O. The monoisotopic (exact) mass is 219 g/mol. The van der Waals surface area contributed by atoms with Gasteiger partial charge >= 0.3 is 0 Å². The van der Waals surface area contributed by atoms with E-state index in [0.29, 0.717) is 6.42 Å². The van der Waals surface area contributed by atoms with Gasteiger partial charge in [0.25, 0.3) is 0 Å². The molecular weight excluding hydrogens is 202 g/mol. The highest BCUT2D eigenvalue weighted by Crippen LogP contribution is 2.27. The molecule has 1 aromatic rings. The fourth-order valence-electron chi connectivity index (χ4n) is 2.14. The first-order chi connectivity index (χ1) is 7.81. The van der Waals surface area contributed by atoms with Crippen LogP contribution in [-0.4, -0.2) is 19.0 Å². The van der Waals surface area contributed by atoms with Crippen molar-refractivity contribution in [3.05, 3.63) is 29.8 Å².